The zero-order valence-electron chi connectivity index (χ0n) is 16.0. The van der Waals surface area contributed by atoms with Gasteiger partial charge in [0.1, 0.15) is 21.7 Å². The molecule has 4 aromatic rings. The van der Waals surface area contributed by atoms with Crippen LogP contribution in [0.15, 0.2) is 34.3 Å². The van der Waals surface area contributed by atoms with E-state index in [0.717, 1.165) is 31.9 Å². The topological polar surface area (TPSA) is 88.5 Å². The number of hydrogen-bond donors (Lipinski definition) is 0. The third kappa shape index (κ3) is 2.94. The van der Waals surface area contributed by atoms with Crippen LogP contribution in [0.2, 0.25) is 0 Å². The van der Waals surface area contributed by atoms with Gasteiger partial charge < -0.3 is 18.9 Å². The molecule has 0 unspecified atom stereocenters. The van der Waals surface area contributed by atoms with Crippen molar-refractivity contribution < 1.29 is 18.9 Å². The summed E-state index contributed by atoms with van der Waals surface area (Å²) in [7, 11) is 3.05. The first-order valence-electron chi connectivity index (χ1n) is 9.14. The molecule has 150 valence electrons. The lowest BCUT2D eigenvalue weighted by Gasteiger charge is -2.09. The van der Waals surface area contributed by atoms with Crippen molar-refractivity contribution in [1.82, 2.24) is 19.9 Å². The van der Waals surface area contributed by atoms with Crippen molar-refractivity contribution in [3.05, 3.63) is 35.9 Å². The van der Waals surface area contributed by atoms with Gasteiger partial charge in [0.2, 0.25) is 13.6 Å². The highest BCUT2D eigenvalue weighted by Gasteiger charge is 2.20. The predicted octanol–water partition coefficient (Wildman–Crippen LogP) is 4.45. The summed E-state index contributed by atoms with van der Waals surface area (Å²) >= 11 is 0. The summed E-state index contributed by atoms with van der Waals surface area (Å²) in [5.41, 5.74) is 1.64. The van der Waals surface area contributed by atoms with Crippen molar-refractivity contribution in [2.45, 2.75) is 23.9 Å². The standard InChI is InChI=1S/C20H14N4O4S2/c1-9-21-13-5-17-15(25-7-27-17)3-11(13)19(23-9)29-30-20-12-4-16-18(28-8-26-16)6-14(12)22-10(2)24-20/h3-6H,7-8H2,1-2H3. The average Bonchev–Trinajstić information content (AvgIpc) is 3.36. The molecule has 10 heteroatoms. The maximum Gasteiger partial charge on any atom is 0.231 e. The van der Waals surface area contributed by atoms with Crippen molar-refractivity contribution in [3.63, 3.8) is 0 Å². The molecule has 30 heavy (non-hydrogen) atoms. The molecule has 8 nitrogen and oxygen atoms in total. The molecule has 0 amide bonds. The minimum Gasteiger partial charge on any atom is -0.454 e. The summed E-state index contributed by atoms with van der Waals surface area (Å²) < 4.78 is 22.0. The minimum absolute atomic E-state index is 0.220. The summed E-state index contributed by atoms with van der Waals surface area (Å²) in [5, 5.41) is 3.50. The third-order valence-electron chi connectivity index (χ3n) is 4.73. The molecule has 0 aliphatic carbocycles. The van der Waals surface area contributed by atoms with Gasteiger partial charge in [-0.05, 0) is 47.6 Å². The van der Waals surface area contributed by atoms with Crippen LogP contribution in [0.5, 0.6) is 23.0 Å². The molecule has 2 aliphatic heterocycles. The fourth-order valence-electron chi connectivity index (χ4n) is 3.41. The Labute approximate surface area is 178 Å². The van der Waals surface area contributed by atoms with Crippen LogP contribution in [0.25, 0.3) is 21.8 Å². The molecular weight excluding hydrogens is 424 g/mol. The van der Waals surface area contributed by atoms with Crippen LogP contribution in [-0.2, 0) is 0 Å². The highest BCUT2D eigenvalue weighted by atomic mass is 33.1. The van der Waals surface area contributed by atoms with E-state index in [-0.39, 0.29) is 13.6 Å². The lowest BCUT2D eigenvalue weighted by atomic mass is 10.2. The molecule has 6 rings (SSSR count). The van der Waals surface area contributed by atoms with Crippen molar-refractivity contribution in [1.29, 1.82) is 0 Å². The van der Waals surface area contributed by atoms with Crippen LogP contribution in [0.4, 0.5) is 0 Å². The van der Waals surface area contributed by atoms with Crippen LogP contribution in [0.3, 0.4) is 0 Å². The van der Waals surface area contributed by atoms with Gasteiger partial charge >= 0.3 is 0 Å². The molecule has 0 saturated carbocycles. The summed E-state index contributed by atoms with van der Waals surface area (Å²) in [5.74, 6) is 4.21. The molecule has 2 aromatic carbocycles. The minimum atomic E-state index is 0.220. The first-order valence-corrected chi connectivity index (χ1v) is 11.3. The average molecular weight is 438 g/mol. The fraction of sp³-hybridized carbons (Fsp3) is 0.200. The van der Waals surface area contributed by atoms with Gasteiger partial charge in [-0.2, -0.15) is 0 Å². The van der Waals surface area contributed by atoms with Gasteiger partial charge in [0.25, 0.3) is 0 Å². The SMILES string of the molecule is Cc1nc(SSc2nc(C)nc3cc4c(cc23)OCO4)c2cc3c(cc2n1)OCO3. The van der Waals surface area contributed by atoms with Gasteiger partial charge in [0.05, 0.1) is 11.0 Å². The van der Waals surface area contributed by atoms with E-state index in [1.807, 2.05) is 38.1 Å². The van der Waals surface area contributed by atoms with Gasteiger partial charge in [-0.15, -0.1) is 0 Å². The van der Waals surface area contributed by atoms with E-state index in [9.17, 15) is 0 Å². The lowest BCUT2D eigenvalue weighted by Crippen LogP contribution is -1.94. The van der Waals surface area contributed by atoms with E-state index in [0.29, 0.717) is 34.6 Å². The Kier molecular flexibility index (Phi) is 4.03. The highest BCUT2D eigenvalue weighted by molar-refractivity contribution is 8.76. The zero-order valence-corrected chi connectivity index (χ0v) is 17.6. The molecular formula is C20H14N4O4S2. The predicted molar refractivity (Wildman–Crippen MR) is 113 cm³/mol. The number of benzene rings is 2. The monoisotopic (exact) mass is 438 g/mol. The van der Waals surface area contributed by atoms with Crippen LogP contribution in [0.1, 0.15) is 11.6 Å². The lowest BCUT2D eigenvalue weighted by molar-refractivity contribution is 0.173. The van der Waals surface area contributed by atoms with Crippen LogP contribution < -0.4 is 18.9 Å². The van der Waals surface area contributed by atoms with Gasteiger partial charge in [-0.1, -0.05) is 0 Å². The molecule has 2 aromatic heterocycles. The summed E-state index contributed by atoms with van der Waals surface area (Å²) in [6, 6.07) is 7.65. The Hall–Kier alpha value is -2.98. The van der Waals surface area contributed by atoms with E-state index in [1.165, 1.54) is 21.6 Å². The van der Waals surface area contributed by atoms with E-state index < -0.39 is 0 Å². The second-order valence-electron chi connectivity index (χ2n) is 6.76. The van der Waals surface area contributed by atoms with Crippen molar-refractivity contribution in [3.8, 4) is 23.0 Å². The number of rotatable bonds is 3. The quantitative estimate of drug-likeness (QED) is 0.338. The molecule has 0 saturated heterocycles. The second-order valence-corrected chi connectivity index (χ2v) is 8.87. The Morgan fingerprint density at radius 3 is 1.43 bits per heavy atom. The maximum atomic E-state index is 5.53. The smallest absolute Gasteiger partial charge is 0.231 e. The van der Waals surface area contributed by atoms with Crippen molar-refractivity contribution >= 4 is 43.4 Å². The van der Waals surface area contributed by atoms with E-state index in [1.54, 1.807) is 0 Å². The number of nitrogens with zero attached hydrogens (tertiary/aromatic N) is 4. The maximum absolute atomic E-state index is 5.53. The first kappa shape index (κ1) is 17.8. The highest BCUT2D eigenvalue weighted by Crippen LogP contribution is 2.45. The number of aromatic nitrogens is 4. The Bertz CT molecular complexity index is 1240. The van der Waals surface area contributed by atoms with Gasteiger partial charge in [-0.25, -0.2) is 19.9 Å². The third-order valence-corrected chi connectivity index (χ3v) is 6.95. The summed E-state index contributed by atoms with van der Waals surface area (Å²) in [6.07, 6.45) is 0. The fourth-order valence-corrected chi connectivity index (χ4v) is 5.65. The summed E-state index contributed by atoms with van der Waals surface area (Å²) in [4.78, 5) is 18.4. The van der Waals surface area contributed by atoms with E-state index in [2.05, 4.69) is 19.9 Å². The van der Waals surface area contributed by atoms with Crippen LogP contribution in [-0.4, -0.2) is 33.5 Å². The van der Waals surface area contributed by atoms with E-state index in [4.69, 9.17) is 18.9 Å². The molecule has 0 spiro atoms. The van der Waals surface area contributed by atoms with E-state index >= 15 is 0 Å². The Morgan fingerprint density at radius 2 is 1.00 bits per heavy atom. The van der Waals surface area contributed by atoms with Gasteiger partial charge in [0.15, 0.2) is 23.0 Å². The largest absolute Gasteiger partial charge is 0.454 e. The number of aryl methyl sites for hydroxylation is 2. The van der Waals surface area contributed by atoms with Gasteiger partial charge in [0, 0.05) is 22.9 Å². The molecule has 0 N–H and O–H groups in total. The molecule has 0 bridgehead atoms. The first-order chi connectivity index (χ1) is 14.6. The number of ether oxygens (including phenoxy) is 4. The number of hydrogen-bond acceptors (Lipinski definition) is 10. The Balaban J connectivity index is 1.41. The number of fused-ring (bicyclic) bond motifs is 4. The second kappa shape index (κ2) is 6.78. The van der Waals surface area contributed by atoms with Crippen molar-refractivity contribution in [2.75, 3.05) is 13.6 Å². The Morgan fingerprint density at radius 1 is 0.600 bits per heavy atom. The summed E-state index contributed by atoms with van der Waals surface area (Å²) in [6.45, 7) is 4.20. The molecule has 4 heterocycles. The zero-order chi connectivity index (χ0) is 20.2. The van der Waals surface area contributed by atoms with Crippen LogP contribution >= 0.6 is 21.6 Å². The molecule has 0 radical (unpaired) electrons. The van der Waals surface area contributed by atoms with Gasteiger partial charge in [-0.3, -0.25) is 0 Å². The molecule has 2 aliphatic rings. The molecule has 0 fully saturated rings. The molecule has 0 atom stereocenters. The normalized spacial score (nSPS) is 14.1. The van der Waals surface area contributed by atoms with Crippen molar-refractivity contribution in [2.24, 2.45) is 0 Å². The van der Waals surface area contributed by atoms with Crippen LogP contribution in [0, 0.1) is 13.8 Å².